The number of carbonyl (C=O) groups is 1. The fourth-order valence-corrected chi connectivity index (χ4v) is 5.36. The summed E-state index contributed by atoms with van der Waals surface area (Å²) in [6.07, 6.45) is 0. The van der Waals surface area contributed by atoms with Crippen LogP contribution in [0.5, 0.6) is 0 Å². The number of hydrogen-bond acceptors (Lipinski definition) is 8. The van der Waals surface area contributed by atoms with Gasteiger partial charge in [-0.2, -0.15) is 4.31 Å². The van der Waals surface area contributed by atoms with E-state index in [1.165, 1.54) is 15.1 Å². The zero-order valence-corrected chi connectivity index (χ0v) is 18.9. The first-order valence-electron chi connectivity index (χ1n) is 10.1. The van der Waals surface area contributed by atoms with Crippen LogP contribution in [0.1, 0.15) is 42.7 Å². The minimum Gasteiger partial charge on any atom is -0.394 e. The van der Waals surface area contributed by atoms with Gasteiger partial charge in [0.25, 0.3) is 5.91 Å². The molecule has 33 heavy (non-hydrogen) atoms. The van der Waals surface area contributed by atoms with Gasteiger partial charge in [0, 0.05) is 12.6 Å². The fourth-order valence-electron chi connectivity index (χ4n) is 3.52. The van der Waals surface area contributed by atoms with E-state index < -0.39 is 33.4 Å². The summed E-state index contributed by atoms with van der Waals surface area (Å²) < 4.78 is 42.9. The third-order valence-corrected chi connectivity index (χ3v) is 7.38. The molecule has 3 aromatic rings. The SMILES string of the molecule is CC(C)N1Cc2cc(F)c(C(=O)Nc3cccc(-c4nnnn4C(C)CO)n3)cc2S1(=O)=O. The highest BCUT2D eigenvalue weighted by molar-refractivity contribution is 7.89. The number of carbonyl (C=O) groups excluding carboxylic acids is 1. The maximum atomic E-state index is 14.7. The highest BCUT2D eigenvalue weighted by Crippen LogP contribution is 2.34. The molecule has 1 aromatic carbocycles. The average molecular weight is 476 g/mol. The number of rotatable bonds is 6. The average Bonchev–Trinajstić information content (AvgIpc) is 3.35. The summed E-state index contributed by atoms with van der Waals surface area (Å²) in [7, 11) is -3.82. The standard InChI is InChI=1S/C20H22FN7O4S/c1-11(2)27-9-13-7-15(21)14(8-17(13)33(27,31)32)20(30)23-18-6-4-5-16(22-18)19-24-25-26-28(19)12(3)10-29/h4-8,11-12,29H,9-10H2,1-3H3,(H,22,23,30). The van der Waals surface area contributed by atoms with E-state index in [9.17, 15) is 22.7 Å². The number of aromatic nitrogens is 5. The van der Waals surface area contributed by atoms with Gasteiger partial charge in [0.1, 0.15) is 17.3 Å². The molecule has 0 spiro atoms. The van der Waals surface area contributed by atoms with Crippen molar-refractivity contribution in [2.45, 2.75) is 44.3 Å². The van der Waals surface area contributed by atoms with Gasteiger partial charge in [-0.05, 0) is 61.0 Å². The van der Waals surface area contributed by atoms with Crippen molar-refractivity contribution in [1.82, 2.24) is 29.5 Å². The van der Waals surface area contributed by atoms with Crippen molar-refractivity contribution in [1.29, 1.82) is 0 Å². The van der Waals surface area contributed by atoms with Crippen molar-refractivity contribution in [2.75, 3.05) is 11.9 Å². The van der Waals surface area contributed by atoms with E-state index in [0.717, 1.165) is 12.1 Å². The number of aliphatic hydroxyl groups excluding tert-OH is 1. The Hall–Kier alpha value is -3.29. The zero-order chi connectivity index (χ0) is 23.9. The Morgan fingerprint density at radius 1 is 1.27 bits per heavy atom. The van der Waals surface area contributed by atoms with E-state index in [0.29, 0.717) is 11.3 Å². The van der Waals surface area contributed by atoms with E-state index in [1.807, 2.05) is 0 Å². The molecule has 0 bridgehead atoms. The van der Waals surface area contributed by atoms with Crippen molar-refractivity contribution < 1.29 is 22.7 Å². The molecule has 1 amide bonds. The molecule has 2 aromatic heterocycles. The Kier molecular flexibility index (Phi) is 5.95. The number of amides is 1. The number of anilines is 1. The molecule has 1 unspecified atom stereocenters. The number of benzene rings is 1. The topological polar surface area (TPSA) is 143 Å². The molecule has 0 saturated heterocycles. The number of sulfonamides is 1. The molecule has 0 fully saturated rings. The minimum absolute atomic E-state index is 0.0543. The second kappa shape index (κ2) is 8.57. The van der Waals surface area contributed by atoms with Crippen molar-refractivity contribution >= 4 is 21.7 Å². The first kappa shape index (κ1) is 22.9. The first-order chi connectivity index (χ1) is 15.6. The molecule has 0 aliphatic carbocycles. The van der Waals surface area contributed by atoms with Crippen molar-refractivity contribution in [3.8, 4) is 11.5 Å². The van der Waals surface area contributed by atoms with Crippen LogP contribution in [0.25, 0.3) is 11.5 Å². The maximum absolute atomic E-state index is 14.7. The summed E-state index contributed by atoms with van der Waals surface area (Å²) in [5, 5.41) is 23.2. The fraction of sp³-hybridized carbons (Fsp3) is 0.350. The number of aliphatic hydroxyl groups is 1. The quantitative estimate of drug-likeness (QED) is 0.547. The lowest BCUT2D eigenvalue weighted by molar-refractivity contribution is 0.102. The van der Waals surface area contributed by atoms with Gasteiger partial charge in [0.05, 0.1) is 23.1 Å². The third kappa shape index (κ3) is 4.10. The van der Waals surface area contributed by atoms with Gasteiger partial charge in [-0.1, -0.05) is 6.07 Å². The van der Waals surface area contributed by atoms with Crippen LogP contribution in [0.2, 0.25) is 0 Å². The van der Waals surface area contributed by atoms with Gasteiger partial charge < -0.3 is 10.4 Å². The smallest absolute Gasteiger partial charge is 0.259 e. The van der Waals surface area contributed by atoms with E-state index >= 15 is 0 Å². The Labute approximate surface area is 189 Å². The summed E-state index contributed by atoms with van der Waals surface area (Å²) in [6.45, 7) is 5.03. The lowest BCUT2D eigenvalue weighted by Crippen LogP contribution is -2.31. The van der Waals surface area contributed by atoms with Gasteiger partial charge in [-0.25, -0.2) is 22.5 Å². The monoisotopic (exact) mass is 475 g/mol. The Morgan fingerprint density at radius 2 is 2.03 bits per heavy atom. The molecule has 1 atom stereocenters. The molecule has 1 aliphatic rings. The molecule has 0 radical (unpaired) electrons. The van der Waals surface area contributed by atoms with Crippen molar-refractivity contribution in [2.24, 2.45) is 0 Å². The summed E-state index contributed by atoms with van der Waals surface area (Å²) in [5.41, 5.74) is 0.222. The second-order valence-corrected chi connectivity index (χ2v) is 9.78. The molecule has 0 saturated carbocycles. The summed E-state index contributed by atoms with van der Waals surface area (Å²) in [4.78, 5) is 17.0. The number of nitrogens with one attached hydrogen (secondary N) is 1. The summed E-state index contributed by atoms with van der Waals surface area (Å²) in [5.74, 6) is -1.31. The van der Waals surface area contributed by atoms with Crippen LogP contribution < -0.4 is 5.32 Å². The normalized spacial score (nSPS) is 16.1. The largest absolute Gasteiger partial charge is 0.394 e. The lowest BCUT2D eigenvalue weighted by Gasteiger charge is -2.18. The molecule has 4 rings (SSSR count). The van der Waals surface area contributed by atoms with Gasteiger partial charge in [0.2, 0.25) is 15.8 Å². The van der Waals surface area contributed by atoms with E-state index in [-0.39, 0.29) is 35.7 Å². The molecular weight excluding hydrogens is 453 g/mol. The predicted octanol–water partition coefficient (Wildman–Crippen LogP) is 1.59. The molecular formula is C20H22FN7O4S. The first-order valence-corrected chi connectivity index (χ1v) is 11.6. The lowest BCUT2D eigenvalue weighted by atomic mass is 10.1. The number of halogens is 1. The van der Waals surface area contributed by atoms with Crippen LogP contribution >= 0.6 is 0 Å². The molecule has 3 heterocycles. The van der Waals surface area contributed by atoms with Crippen LogP contribution in [0.3, 0.4) is 0 Å². The number of tetrazole rings is 1. The predicted molar refractivity (Wildman–Crippen MR) is 115 cm³/mol. The van der Waals surface area contributed by atoms with Gasteiger partial charge in [-0.15, -0.1) is 5.10 Å². The van der Waals surface area contributed by atoms with Crippen LogP contribution in [-0.2, 0) is 16.6 Å². The molecule has 2 N–H and O–H groups in total. The Bertz CT molecular complexity index is 1330. The number of hydrogen-bond donors (Lipinski definition) is 2. The van der Waals surface area contributed by atoms with Crippen molar-refractivity contribution in [3.05, 3.63) is 47.3 Å². The molecule has 13 heteroatoms. The Balaban J connectivity index is 1.63. The number of fused-ring (bicyclic) bond motifs is 1. The summed E-state index contributed by atoms with van der Waals surface area (Å²) in [6, 6.07) is 6.15. The highest BCUT2D eigenvalue weighted by atomic mass is 32.2. The van der Waals surface area contributed by atoms with Gasteiger partial charge >= 0.3 is 0 Å². The second-order valence-electron chi connectivity index (χ2n) is 7.92. The minimum atomic E-state index is -3.82. The number of nitrogens with zero attached hydrogens (tertiary/aromatic N) is 6. The maximum Gasteiger partial charge on any atom is 0.259 e. The van der Waals surface area contributed by atoms with Crippen molar-refractivity contribution in [3.63, 3.8) is 0 Å². The van der Waals surface area contributed by atoms with Gasteiger partial charge in [-0.3, -0.25) is 4.79 Å². The van der Waals surface area contributed by atoms with Crippen LogP contribution in [-0.4, -0.2) is 61.6 Å². The van der Waals surface area contributed by atoms with E-state index in [1.54, 1.807) is 32.9 Å². The zero-order valence-electron chi connectivity index (χ0n) is 18.1. The van der Waals surface area contributed by atoms with Crippen LogP contribution in [0.4, 0.5) is 10.2 Å². The molecule has 11 nitrogen and oxygen atoms in total. The number of pyridine rings is 1. The van der Waals surface area contributed by atoms with Gasteiger partial charge in [0.15, 0.2) is 0 Å². The summed E-state index contributed by atoms with van der Waals surface area (Å²) >= 11 is 0. The molecule has 174 valence electrons. The van der Waals surface area contributed by atoms with E-state index in [4.69, 9.17) is 0 Å². The third-order valence-electron chi connectivity index (χ3n) is 5.28. The van der Waals surface area contributed by atoms with Crippen LogP contribution in [0.15, 0.2) is 35.2 Å². The Morgan fingerprint density at radius 3 is 2.73 bits per heavy atom. The molecule has 1 aliphatic heterocycles. The van der Waals surface area contributed by atoms with Crippen LogP contribution in [0, 0.1) is 5.82 Å². The van der Waals surface area contributed by atoms with E-state index in [2.05, 4.69) is 25.8 Å². The highest BCUT2D eigenvalue weighted by Gasteiger charge is 2.37.